The van der Waals surface area contributed by atoms with Crippen LogP contribution in [-0.4, -0.2) is 15.7 Å². The van der Waals surface area contributed by atoms with Gasteiger partial charge in [0, 0.05) is 28.3 Å². The van der Waals surface area contributed by atoms with Crippen molar-refractivity contribution < 1.29 is 9.18 Å². The zero-order chi connectivity index (χ0) is 19.0. The highest BCUT2D eigenvalue weighted by molar-refractivity contribution is 6.31. The van der Waals surface area contributed by atoms with E-state index in [4.69, 9.17) is 11.6 Å². The maximum Gasteiger partial charge on any atom is 0.229 e. The number of hydrogen-bond acceptors (Lipinski definition) is 2. The Morgan fingerprint density at radius 1 is 1.26 bits per heavy atom. The number of aromatic nitrogens is 2. The predicted molar refractivity (Wildman–Crippen MR) is 103 cm³/mol. The van der Waals surface area contributed by atoms with Gasteiger partial charge in [0.25, 0.3) is 0 Å². The highest BCUT2D eigenvalue weighted by atomic mass is 35.5. The van der Waals surface area contributed by atoms with Gasteiger partial charge in [-0.1, -0.05) is 48.0 Å². The van der Waals surface area contributed by atoms with Crippen LogP contribution in [0.25, 0.3) is 0 Å². The van der Waals surface area contributed by atoms with Crippen LogP contribution in [0, 0.1) is 18.7 Å². The van der Waals surface area contributed by atoms with Crippen LogP contribution in [0.2, 0.25) is 5.02 Å². The third-order valence-corrected chi connectivity index (χ3v) is 5.31. The molecule has 27 heavy (non-hydrogen) atoms. The Morgan fingerprint density at radius 2 is 2.04 bits per heavy atom. The van der Waals surface area contributed by atoms with Crippen molar-refractivity contribution in [3.8, 4) is 0 Å². The summed E-state index contributed by atoms with van der Waals surface area (Å²) in [7, 11) is 0. The van der Waals surface area contributed by atoms with Crippen molar-refractivity contribution in [2.45, 2.75) is 25.8 Å². The Morgan fingerprint density at radius 3 is 2.78 bits per heavy atom. The van der Waals surface area contributed by atoms with Crippen molar-refractivity contribution in [2.24, 2.45) is 5.92 Å². The lowest BCUT2D eigenvalue weighted by atomic mass is 10.1. The largest absolute Gasteiger partial charge is 0.309 e. The molecule has 138 valence electrons. The number of rotatable bonds is 5. The van der Waals surface area contributed by atoms with Crippen LogP contribution in [0.1, 0.15) is 29.2 Å². The molecule has 2 unspecified atom stereocenters. The molecule has 2 aromatic carbocycles. The summed E-state index contributed by atoms with van der Waals surface area (Å²) in [4.78, 5) is 12.5. The van der Waals surface area contributed by atoms with Gasteiger partial charge in [-0.2, -0.15) is 5.10 Å². The molecule has 0 spiro atoms. The molecule has 0 bridgehead atoms. The molecule has 1 fully saturated rings. The Hall–Kier alpha value is -2.66. The van der Waals surface area contributed by atoms with Gasteiger partial charge in [0.1, 0.15) is 5.82 Å². The lowest BCUT2D eigenvalue weighted by molar-refractivity contribution is -0.117. The number of benzene rings is 2. The monoisotopic (exact) mass is 383 g/mol. The number of nitrogens with one attached hydrogen (secondary N) is 1. The summed E-state index contributed by atoms with van der Waals surface area (Å²) in [5.41, 5.74) is 2.39. The van der Waals surface area contributed by atoms with Gasteiger partial charge < -0.3 is 5.32 Å². The minimum Gasteiger partial charge on any atom is -0.309 e. The first kappa shape index (κ1) is 17.7. The van der Waals surface area contributed by atoms with Crippen molar-refractivity contribution in [1.29, 1.82) is 0 Å². The van der Waals surface area contributed by atoms with Gasteiger partial charge in [0.2, 0.25) is 5.91 Å². The van der Waals surface area contributed by atoms with Crippen molar-refractivity contribution in [3.05, 3.63) is 82.3 Å². The molecule has 1 amide bonds. The highest BCUT2D eigenvalue weighted by Gasteiger charge is 2.44. The molecular formula is C21H19ClFN3O. The van der Waals surface area contributed by atoms with E-state index in [0.717, 1.165) is 12.1 Å². The first-order valence-electron chi connectivity index (χ1n) is 8.86. The number of amides is 1. The summed E-state index contributed by atoms with van der Waals surface area (Å²) in [6, 6.07) is 16.4. The first-order chi connectivity index (χ1) is 13.0. The molecule has 0 saturated heterocycles. The molecular weight excluding hydrogens is 365 g/mol. The average Bonchev–Trinajstić information content (AvgIpc) is 3.38. The van der Waals surface area contributed by atoms with Gasteiger partial charge in [-0.05, 0) is 37.0 Å². The molecule has 3 aromatic rings. The fourth-order valence-electron chi connectivity index (χ4n) is 3.34. The topological polar surface area (TPSA) is 46.9 Å². The second-order valence-electron chi connectivity index (χ2n) is 6.88. The quantitative estimate of drug-likeness (QED) is 0.689. The van der Waals surface area contributed by atoms with E-state index in [1.165, 1.54) is 11.6 Å². The maximum absolute atomic E-state index is 14.0. The lowest BCUT2D eigenvalue weighted by Crippen LogP contribution is -2.15. The third-order valence-electron chi connectivity index (χ3n) is 4.96. The maximum atomic E-state index is 14.0. The molecule has 1 saturated carbocycles. The van der Waals surface area contributed by atoms with Gasteiger partial charge in [0.05, 0.1) is 6.54 Å². The minimum absolute atomic E-state index is 0.0288. The van der Waals surface area contributed by atoms with E-state index in [9.17, 15) is 9.18 Å². The Balaban J connectivity index is 1.44. The highest BCUT2D eigenvalue weighted by Crippen LogP contribution is 2.47. The van der Waals surface area contributed by atoms with Crippen LogP contribution in [0.3, 0.4) is 0 Å². The first-order valence-corrected chi connectivity index (χ1v) is 9.24. The normalized spacial score (nSPS) is 18.3. The second-order valence-corrected chi connectivity index (χ2v) is 7.28. The molecule has 0 radical (unpaired) electrons. The molecule has 1 aliphatic carbocycles. The fourth-order valence-corrected chi connectivity index (χ4v) is 3.56. The molecule has 2 atom stereocenters. The van der Waals surface area contributed by atoms with Crippen LogP contribution in [0.4, 0.5) is 10.2 Å². The second kappa shape index (κ2) is 7.16. The predicted octanol–water partition coefficient (Wildman–Crippen LogP) is 4.77. The summed E-state index contributed by atoms with van der Waals surface area (Å²) in [6.07, 6.45) is 0.848. The molecule has 4 nitrogen and oxygen atoms in total. The Labute approximate surface area is 162 Å². The molecule has 1 aliphatic rings. The van der Waals surface area contributed by atoms with Gasteiger partial charge >= 0.3 is 0 Å². The van der Waals surface area contributed by atoms with Crippen LogP contribution >= 0.6 is 11.6 Å². The van der Waals surface area contributed by atoms with Crippen LogP contribution in [0.15, 0.2) is 54.6 Å². The van der Waals surface area contributed by atoms with E-state index in [-0.39, 0.29) is 30.1 Å². The third kappa shape index (κ3) is 3.74. The Kier molecular flexibility index (Phi) is 4.70. The molecule has 6 heteroatoms. The number of nitrogens with zero attached hydrogens (tertiary/aromatic N) is 2. The zero-order valence-corrected chi connectivity index (χ0v) is 15.6. The van der Waals surface area contributed by atoms with Gasteiger partial charge in [-0.25, -0.2) is 4.39 Å². The fraction of sp³-hybridized carbons (Fsp3) is 0.238. The molecule has 1 heterocycles. The number of carbonyl (C=O) groups excluding carboxylic acids is 1. The molecule has 1 aromatic heterocycles. The van der Waals surface area contributed by atoms with Crippen molar-refractivity contribution >= 4 is 23.3 Å². The van der Waals surface area contributed by atoms with E-state index < -0.39 is 0 Å². The summed E-state index contributed by atoms with van der Waals surface area (Å²) < 4.78 is 15.6. The standard InChI is InChI=1S/C21H19ClFN3O/c1-13-10-20(25-26(13)12-17-18(22)8-5-9-19(17)23)24-21(27)16-11-15(16)14-6-3-2-4-7-14/h2-10,15-16H,11-12H2,1H3,(H,24,25,27). The van der Waals surface area contributed by atoms with E-state index in [2.05, 4.69) is 22.5 Å². The van der Waals surface area contributed by atoms with Gasteiger partial charge in [-0.3, -0.25) is 9.48 Å². The van der Waals surface area contributed by atoms with E-state index in [1.54, 1.807) is 22.9 Å². The van der Waals surface area contributed by atoms with E-state index in [0.29, 0.717) is 16.4 Å². The van der Waals surface area contributed by atoms with Gasteiger partial charge in [-0.15, -0.1) is 0 Å². The van der Waals surface area contributed by atoms with Crippen LogP contribution < -0.4 is 5.32 Å². The summed E-state index contributed by atoms with van der Waals surface area (Å²) in [6.45, 7) is 2.07. The smallest absolute Gasteiger partial charge is 0.229 e. The number of anilines is 1. The van der Waals surface area contributed by atoms with E-state index >= 15 is 0 Å². The number of aryl methyl sites for hydroxylation is 1. The SMILES string of the molecule is Cc1cc(NC(=O)C2CC2c2ccccc2)nn1Cc1c(F)cccc1Cl. The van der Waals surface area contributed by atoms with Crippen molar-refractivity contribution in [3.63, 3.8) is 0 Å². The summed E-state index contributed by atoms with van der Waals surface area (Å²) in [5.74, 6) is 0.318. The zero-order valence-electron chi connectivity index (χ0n) is 14.8. The number of carbonyl (C=O) groups is 1. The average molecular weight is 384 g/mol. The number of hydrogen-bond donors (Lipinski definition) is 1. The van der Waals surface area contributed by atoms with E-state index in [1.807, 2.05) is 25.1 Å². The Bertz CT molecular complexity index is 966. The number of halogens is 2. The minimum atomic E-state index is -0.369. The van der Waals surface area contributed by atoms with Crippen molar-refractivity contribution in [1.82, 2.24) is 9.78 Å². The molecule has 1 N–H and O–H groups in total. The summed E-state index contributed by atoms with van der Waals surface area (Å²) in [5, 5.41) is 7.64. The lowest BCUT2D eigenvalue weighted by Gasteiger charge is -2.07. The van der Waals surface area contributed by atoms with Gasteiger partial charge in [0.15, 0.2) is 5.82 Å². The molecule has 4 rings (SSSR count). The van der Waals surface area contributed by atoms with Crippen molar-refractivity contribution in [2.75, 3.05) is 5.32 Å². The molecule has 0 aliphatic heterocycles. The van der Waals surface area contributed by atoms with Crippen LogP contribution in [-0.2, 0) is 11.3 Å². The summed E-state index contributed by atoms with van der Waals surface area (Å²) >= 11 is 6.10. The van der Waals surface area contributed by atoms with Crippen LogP contribution in [0.5, 0.6) is 0 Å².